The van der Waals surface area contributed by atoms with E-state index in [9.17, 15) is 13.8 Å². The Morgan fingerprint density at radius 3 is 1.76 bits per heavy atom. The van der Waals surface area contributed by atoms with Crippen LogP contribution in [0.25, 0.3) is 0 Å². The molecule has 1 unspecified atom stereocenters. The Labute approximate surface area is 348 Å². The van der Waals surface area contributed by atoms with E-state index in [1.54, 1.807) is 99.6 Å². The highest BCUT2D eigenvalue weighted by Crippen LogP contribution is 2.24. The van der Waals surface area contributed by atoms with Gasteiger partial charge in [0.15, 0.2) is 0 Å². The van der Waals surface area contributed by atoms with Crippen LogP contribution in [0.2, 0.25) is 0 Å². The number of hydrogen-bond donors (Lipinski definition) is 4. The van der Waals surface area contributed by atoms with Crippen LogP contribution in [-0.2, 0) is 25.3 Å². The molecule has 0 aromatic rings. The van der Waals surface area contributed by atoms with Gasteiger partial charge in [0.05, 0.1) is 58.2 Å². The number of thioether (sulfide) groups is 13. The maximum Gasteiger partial charge on any atom is 0.407 e. The molecule has 0 aliphatic rings. The Morgan fingerprint density at radius 1 is 0.633 bits per heavy atom. The van der Waals surface area contributed by atoms with Gasteiger partial charge in [-0.1, -0.05) is 11.8 Å². The topological polar surface area (TPSA) is 168 Å². The second kappa shape index (κ2) is 44.9. The fourth-order valence-corrected chi connectivity index (χ4v) is 17.7. The number of carbonyl (C=O) groups excluding carboxylic acids is 2. The average molecular weight is 954 g/mol. The molecule has 0 heterocycles. The summed E-state index contributed by atoms with van der Waals surface area (Å²) in [5.41, 5.74) is 1.55. The van der Waals surface area contributed by atoms with Crippen molar-refractivity contribution in [1.82, 2.24) is 10.6 Å². The number of alkyl carbamates (subject to hydrolysis) is 1. The summed E-state index contributed by atoms with van der Waals surface area (Å²) >= 11 is 22.3. The van der Waals surface area contributed by atoms with Crippen molar-refractivity contribution in [1.29, 1.82) is 0 Å². The van der Waals surface area contributed by atoms with Gasteiger partial charge in [-0.2, -0.15) is 4.89 Å². The molecule has 26 heteroatoms. The Hall–Kier alpha value is 2.46. The molecule has 49 heavy (non-hydrogen) atoms. The van der Waals surface area contributed by atoms with Crippen LogP contribution in [0.4, 0.5) is 9.59 Å². The minimum Gasteiger partial charge on any atom is -0.447 e. The summed E-state index contributed by atoms with van der Waals surface area (Å²) < 4.78 is 16.8. The Bertz CT molecular complexity index is 849. The third kappa shape index (κ3) is 44.7. The maximum absolute atomic E-state index is 12.1. The van der Waals surface area contributed by atoms with Crippen molar-refractivity contribution in [2.24, 2.45) is 9.98 Å². The van der Waals surface area contributed by atoms with E-state index in [-0.39, 0.29) is 31.7 Å². The van der Waals surface area contributed by atoms with Crippen molar-refractivity contribution in [3.8, 4) is 0 Å². The fourth-order valence-electron chi connectivity index (χ4n) is 2.02. The first kappa shape index (κ1) is 51.5. The van der Waals surface area contributed by atoms with Crippen LogP contribution in [0.1, 0.15) is 0 Å². The number of carbonyl (C=O) groups is 2. The van der Waals surface area contributed by atoms with Crippen LogP contribution >= 0.6 is 153 Å². The third-order valence-electron chi connectivity index (χ3n) is 3.82. The summed E-state index contributed by atoms with van der Waals surface area (Å²) in [5, 5.41) is 32.3. The molecular weight excluding hydrogens is 909 g/mol. The first-order valence-electron chi connectivity index (χ1n) is 13.7. The number of aliphatic imine (C=N–C) groups is 2. The van der Waals surface area contributed by atoms with Crippen LogP contribution in [-0.4, -0.2) is 144 Å². The molecule has 4 N–H and O–H groups in total. The third-order valence-corrected chi connectivity index (χ3v) is 20.7. The lowest BCUT2D eigenvalue weighted by Gasteiger charge is -2.05. The van der Waals surface area contributed by atoms with E-state index in [1.165, 1.54) is 18.2 Å². The van der Waals surface area contributed by atoms with Crippen LogP contribution in [0.3, 0.4) is 0 Å². The summed E-state index contributed by atoms with van der Waals surface area (Å²) in [4.78, 5) is 40.7. The van der Waals surface area contributed by atoms with Gasteiger partial charge in [-0.05, 0) is 0 Å². The van der Waals surface area contributed by atoms with Crippen molar-refractivity contribution in [3.63, 3.8) is 0 Å². The fraction of sp³-hybridized carbons (Fsp3) is 0.826. The predicted molar refractivity (Wildman–Crippen MR) is 241 cm³/mol. The van der Waals surface area contributed by atoms with E-state index >= 15 is 0 Å². The van der Waals surface area contributed by atoms with E-state index in [2.05, 4.69) is 30.4 Å². The molecule has 12 nitrogen and oxygen atoms in total. The molecule has 0 saturated carbocycles. The van der Waals surface area contributed by atoms with Gasteiger partial charge in [0.25, 0.3) is 5.24 Å². The zero-order valence-corrected chi connectivity index (χ0v) is 38.0. The summed E-state index contributed by atoms with van der Waals surface area (Å²) in [6, 6.07) is 0. The molecule has 0 aromatic carbocycles. The van der Waals surface area contributed by atoms with E-state index in [1.807, 2.05) is 47.0 Å². The van der Waals surface area contributed by atoms with E-state index in [0.717, 1.165) is 50.8 Å². The van der Waals surface area contributed by atoms with Gasteiger partial charge in [-0.3, -0.25) is 14.0 Å². The highest BCUT2D eigenvalue weighted by atomic mass is 32.3. The van der Waals surface area contributed by atoms with Crippen LogP contribution in [0.15, 0.2) is 9.98 Å². The maximum atomic E-state index is 12.1. The molecule has 0 aliphatic carbocycles. The van der Waals surface area contributed by atoms with Crippen LogP contribution in [0, 0.1) is 0 Å². The van der Waals surface area contributed by atoms with E-state index < -0.39 is 16.9 Å². The van der Waals surface area contributed by atoms with E-state index in [0.29, 0.717) is 28.6 Å². The first-order valence-corrected chi connectivity index (χ1v) is 29.9. The molecular formula is C23H44N4O8S14. The zero-order chi connectivity index (χ0) is 35.7. The smallest absolute Gasteiger partial charge is 0.407 e. The molecule has 0 fully saturated rings. The average Bonchev–Trinajstić information content (AvgIpc) is 3.10. The van der Waals surface area contributed by atoms with Crippen molar-refractivity contribution >= 4 is 187 Å². The predicted octanol–water partition coefficient (Wildman–Crippen LogP) is 7.05. The molecule has 288 valence electrons. The summed E-state index contributed by atoms with van der Waals surface area (Å²) in [7, 11) is -1.05. The first-order chi connectivity index (χ1) is 24.1. The largest absolute Gasteiger partial charge is 0.447 e. The van der Waals surface area contributed by atoms with Crippen LogP contribution < -0.4 is 10.6 Å². The number of amides is 2. The molecule has 0 saturated heterocycles. The number of rotatable bonds is 37. The molecule has 0 radical (unpaired) electrons. The molecule has 0 spiro atoms. The highest BCUT2D eigenvalue weighted by Gasteiger charge is 2.03. The minimum atomic E-state index is -1.05. The van der Waals surface area contributed by atoms with Crippen molar-refractivity contribution in [2.45, 2.75) is 0 Å². The van der Waals surface area contributed by atoms with Crippen molar-refractivity contribution in [3.05, 3.63) is 0 Å². The molecule has 2 amide bonds. The number of aliphatic hydroxyl groups excluding tert-OH is 2. The van der Waals surface area contributed by atoms with Gasteiger partial charge in [0, 0.05) is 50.8 Å². The molecule has 0 bridgehead atoms. The summed E-state index contributed by atoms with van der Waals surface area (Å²) in [5.74, 6) is 2.29. The summed E-state index contributed by atoms with van der Waals surface area (Å²) in [6.45, 7) is -0.132. The minimum absolute atomic E-state index is 0.00778. The van der Waals surface area contributed by atoms with Gasteiger partial charge in [0.2, 0.25) is 6.40 Å². The number of ether oxygens (including phenoxy) is 1. The standard InChI is InChI=1S/C23H44N4O8S14/c28-1-3-33-22(30)26-8-38-13-42-16-41-12-37-7-25-10-49(32)21-47-19-45-17-44-18-46-20-48-23(31)27-9-39-14-43-15-40-11-36-6-24-5-35-34-4-2-29/h5,10,28-29H,1-4,6-9,11-21H2,(H,26,30)(H,27,31)/b24-5+,25-10-. The van der Waals surface area contributed by atoms with Crippen molar-refractivity contribution in [2.75, 3.05) is 106 Å². The number of nitrogens with one attached hydrogen (secondary N) is 2. The zero-order valence-electron chi connectivity index (χ0n) is 26.5. The SMILES string of the molecule is O=C(NCSCSCSCSC/N=C\S(=O)CSCSCSCSCSC(=O)NCSCSCSCSC/N=C/OOCCO)OCCO. The monoisotopic (exact) mass is 952 g/mol. The van der Waals surface area contributed by atoms with Gasteiger partial charge in [-0.15, -0.1) is 141 Å². The molecule has 0 aromatic heterocycles. The second-order valence-electron chi connectivity index (χ2n) is 7.54. The lowest BCUT2D eigenvalue weighted by atomic mass is 10.8. The highest BCUT2D eigenvalue weighted by molar-refractivity contribution is 8.30. The molecule has 1 atom stereocenters. The lowest BCUT2D eigenvalue weighted by Crippen LogP contribution is -2.24. The molecule has 0 rings (SSSR count). The number of hydrogen-bond acceptors (Lipinski definition) is 23. The quantitative estimate of drug-likeness (QED) is 0.0125. The van der Waals surface area contributed by atoms with Gasteiger partial charge >= 0.3 is 6.09 Å². The lowest BCUT2D eigenvalue weighted by molar-refractivity contribution is -0.221. The Balaban J connectivity index is 3.33. The molecule has 0 aliphatic heterocycles. The second-order valence-corrected chi connectivity index (χ2v) is 25.5. The number of nitrogens with zero attached hydrogens (tertiary/aromatic N) is 2. The Morgan fingerprint density at radius 2 is 1.14 bits per heavy atom. The van der Waals surface area contributed by atoms with E-state index in [4.69, 9.17) is 14.9 Å². The number of aliphatic hydroxyl groups is 2. The van der Waals surface area contributed by atoms with Crippen molar-refractivity contribution < 1.29 is 38.5 Å². The summed E-state index contributed by atoms with van der Waals surface area (Å²) in [6.07, 6.45) is 0.724. The Kier molecular flexibility index (Phi) is 47.1. The van der Waals surface area contributed by atoms with Gasteiger partial charge < -0.3 is 30.5 Å². The normalized spacial score (nSPS) is 12.1. The van der Waals surface area contributed by atoms with Gasteiger partial charge in [-0.25, -0.2) is 9.79 Å². The van der Waals surface area contributed by atoms with Crippen LogP contribution in [0.5, 0.6) is 0 Å². The van der Waals surface area contributed by atoms with Gasteiger partial charge in [0.1, 0.15) is 13.2 Å².